The minimum Gasteiger partial charge on any atom is -0.341 e. The van der Waals surface area contributed by atoms with Crippen molar-refractivity contribution in [3.8, 4) is 0 Å². The first-order valence-corrected chi connectivity index (χ1v) is 9.40. The molecule has 0 aliphatic carbocycles. The maximum absolute atomic E-state index is 4.54. The van der Waals surface area contributed by atoms with Crippen LogP contribution in [0.25, 0.3) is 0 Å². The van der Waals surface area contributed by atoms with Crippen LogP contribution in [-0.4, -0.2) is 28.8 Å². The van der Waals surface area contributed by atoms with E-state index in [0.717, 1.165) is 31.1 Å². The van der Waals surface area contributed by atoms with Crippen LogP contribution < -0.4 is 10.2 Å². The van der Waals surface area contributed by atoms with E-state index in [9.17, 15) is 0 Å². The number of rotatable bonds is 4. The van der Waals surface area contributed by atoms with Crippen LogP contribution in [0.2, 0.25) is 0 Å². The highest BCUT2D eigenvalue weighted by atomic mass is 32.2. The molecule has 3 heterocycles. The van der Waals surface area contributed by atoms with Crippen molar-refractivity contribution in [3.63, 3.8) is 0 Å². The van der Waals surface area contributed by atoms with Gasteiger partial charge in [0, 0.05) is 48.5 Å². The fourth-order valence-corrected chi connectivity index (χ4v) is 4.44. The Bertz CT molecular complexity index is 652. The van der Waals surface area contributed by atoms with Gasteiger partial charge in [0.25, 0.3) is 0 Å². The highest BCUT2D eigenvalue weighted by Gasteiger charge is 2.20. The molecule has 2 aromatic rings. The molecule has 1 fully saturated rings. The number of nitrogens with one attached hydrogen (secondary N) is 1. The van der Waals surface area contributed by atoms with Crippen LogP contribution in [0.1, 0.15) is 36.4 Å². The minimum absolute atomic E-state index is 0.436. The van der Waals surface area contributed by atoms with E-state index in [0.29, 0.717) is 6.04 Å². The van der Waals surface area contributed by atoms with Crippen molar-refractivity contribution < 1.29 is 0 Å². The van der Waals surface area contributed by atoms with E-state index in [1.807, 2.05) is 24.2 Å². The Morgan fingerprint density at radius 2 is 1.91 bits per heavy atom. The second kappa shape index (κ2) is 6.89. The lowest BCUT2D eigenvalue weighted by Gasteiger charge is -2.26. The van der Waals surface area contributed by atoms with Crippen molar-refractivity contribution in [1.29, 1.82) is 0 Å². The van der Waals surface area contributed by atoms with E-state index in [-0.39, 0.29) is 0 Å². The van der Waals surface area contributed by atoms with Crippen molar-refractivity contribution in [2.24, 2.45) is 0 Å². The number of fused-ring (bicyclic) bond motifs is 1. The summed E-state index contributed by atoms with van der Waals surface area (Å²) in [6.45, 7) is 3.01. The molecule has 5 heteroatoms. The summed E-state index contributed by atoms with van der Waals surface area (Å²) < 4.78 is 0. The van der Waals surface area contributed by atoms with E-state index in [1.165, 1.54) is 35.5 Å². The number of nitrogens with zero attached hydrogens (tertiary/aromatic N) is 3. The Kier molecular flexibility index (Phi) is 4.48. The largest absolute Gasteiger partial charge is 0.341 e. The molecular formula is C18H22N4S. The van der Waals surface area contributed by atoms with Crippen molar-refractivity contribution in [3.05, 3.63) is 47.8 Å². The van der Waals surface area contributed by atoms with E-state index >= 15 is 0 Å². The molecule has 2 aliphatic rings. The molecule has 1 aromatic heterocycles. The topological polar surface area (TPSA) is 41.1 Å². The predicted octanol–water partition coefficient (Wildman–Crippen LogP) is 3.40. The third-order valence-electron chi connectivity index (χ3n) is 4.59. The summed E-state index contributed by atoms with van der Waals surface area (Å²) in [6, 6.07) is 9.16. The Morgan fingerprint density at radius 3 is 2.74 bits per heavy atom. The fourth-order valence-electron chi connectivity index (χ4n) is 3.31. The van der Waals surface area contributed by atoms with E-state index < -0.39 is 0 Å². The molecular weight excluding hydrogens is 304 g/mol. The molecule has 4 rings (SSSR count). The summed E-state index contributed by atoms with van der Waals surface area (Å²) in [5.41, 5.74) is 2.59. The third-order valence-corrected chi connectivity index (χ3v) is 5.71. The summed E-state index contributed by atoms with van der Waals surface area (Å²) in [7, 11) is 0. The van der Waals surface area contributed by atoms with Crippen molar-refractivity contribution in [2.75, 3.05) is 23.7 Å². The number of hydrogen-bond acceptors (Lipinski definition) is 5. The van der Waals surface area contributed by atoms with Gasteiger partial charge in [-0.2, -0.15) is 0 Å². The number of hydrogen-bond donors (Lipinski definition) is 1. The molecule has 0 saturated carbocycles. The van der Waals surface area contributed by atoms with Gasteiger partial charge in [-0.15, -0.1) is 11.8 Å². The SMILES string of the molecule is c1ccc2c(c1)SCC[C@H]2NCc1cnc(N2CCCC2)nc1. The minimum atomic E-state index is 0.436. The second-order valence-corrected chi connectivity index (χ2v) is 7.33. The van der Waals surface area contributed by atoms with Gasteiger partial charge in [-0.1, -0.05) is 18.2 Å². The Labute approximate surface area is 141 Å². The second-order valence-electron chi connectivity index (χ2n) is 6.19. The molecule has 2 aliphatic heterocycles. The fraction of sp³-hybridized carbons (Fsp3) is 0.444. The molecule has 0 spiro atoms. The van der Waals surface area contributed by atoms with Gasteiger partial charge in [0.05, 0.1) is 0 Å². The highest BCUT2D eigenvalue weighted by molar-refractivity contribution is 7.99. The van der Waals surface area contributed by atoms with Crippen LogP contribution in [-0.2, 0) is 6.54 Å². The molecule has 0 bridgehead atoms. The van der Waals surface area contributed by atoms with Gasteiger partial charge in [-0.3, -0.25) is 0 Å². The molecule has 1 atom stereocenters. The van der Waals surface area contributed by atoms with Crippen LogP contribution >= 0.6 is 11.8 Å². The normalized spacial score (nSPS) is 20.5. The first-order valence-electron chi connectivity index (χ1n) is 8.41. The molecule has 1 saturated heterocycles. The molecule has 0 radical (unpaired) electrons. The summed E-state index contributed by atoms with van der Waals surface area (Å²) in [5, 5.41) is 3.68. The predicted molar refractivity (Wildman–Crippen MR) is 94.8 cm³/mol. The van der Waals surface area contributed by atoms with Gasteiger partial charge in [0.1, 0.15) is 0 Å². The van der Waals surface area contributed by atoms with Gasteiger partial charge < -0.3 is 10.2 Å². The van der Waals surface area contributed by atoms with Crippen LogP contribution in [0.5, 0.6) is 0 Å². The lowest BCUT2D eigenvalue weighted by atomic mass is 10.0. The number of thioether (sulfide) groups is 1. The number of benzene rings is 1. The zero-order chi connectivity index (χ0) is 15.5. The standard InChI is InChI=1S/C18H22N4S/c1-2-6-17-15(5-1)16(7-10-23-17)19-11-14-12-20-18(21-13-14)22-8-3-4-9-22/h1-2,5-6,12-13,16,19H,3-4,7-11H2/t16-/m1/s1. The third kappa shape index (κ3) is 3.35. The highest BCUT2D eigenvalue weighted by Crippen LogP contribution is 2.35. The van der Waals surface area contributed by atoms with Crippen molar-refractivity contribution >= 4 is 17.7 Å². The van der Waals surface area contributed by atoms with Crippen LogP contribution in [0.4, 0.5) is 5.95 Å². The van der Waals surface area contributed by atoms with Gasteiger partial charge in [-0.05, 0) is 36.6 Å². The smallest absolute Gasteiger partial charge is 0.225 e. The molecule has 4 nitrogen and oxygen atoms in total. The maximum Gasteiger partial charge on any atom is 0.225 e. The maximum atomic E-state index is 4.54. The summed E-state index contributed by atoms with van der Waals surface area (Å²) in [4.78, 5) is 12.8. The first kappa shape index (κ1) is 15.0. The average Bonchev–Trinajstić information content (AvgIpc) is 3.15. The lowest BCUT2D eigenvalue weighted by Crippen LogP contribution is -2.25. The molecule has 1 aromatic carbocycles. The van der Waals surface area contributed by atoms with Crippen LogP contribution in [0.15, 0.2) is 41.6 Å². The molecule has 23 heavy (non-hydrogen) atoms. The molecule has 1 N–H and O–H groups in total. The van der Waals surface area contributed by atoms with Gasteiger partial charge in [0.15, 0.2) is 0 Å². The van der Waals surface area contributed by atoms with Crippen molar-refractivity contribution in [2.45, 2.75) is 36.7 Å². The summed E-state index contributed by atoms with van der Waals surface area (Å²) in [5.74, 6) is 2.06. The summed E-state index contributed by atoms with van der Waals surface area (Å²) >= 11 is 1.96. The molecule has 0 unspecified atom stereocenters. The number of aromatic nitrogens is 2. The zero-order valence-corrected chi connectivity index (χ0v) is 14.1. The number of anilines is 1. The molecule has 120 valence electrons. The molecule has 0 amide bonds. The monoisotopic (exact) mass is 326 g/mol. The lowest BCUT2D eigenvalue weighted by molar-refractivity contribution is 0.509. The first-order chi connectivity index (χ1) is 11.4. The van der Waals surface area contributed by atoms with Gasteiger partial charge in [0.2, 0.25) is 5.95 Å². The van der Waals surface area contributed by atoms with E-state index in [1.54, 1.807) is 0 Å². The Balaban J connectivity index is 1.39. The summed E-state index contributed by atoms with van der Waals surface area (Å²) in [6.07, 6.45) is 7.63. The average molecular weight is 326 g/mol. The Hall–Kier alpha value is -1.59. The van der Waals surface area contributed by atoms with Crippen LogP contribution in [0.3, 0.4) is 0 Å². The van der Waals surface area contributed by atoms with E-state index in [4.69, 9.17) is 0 Å². The van der Waals surface area contributed by atoms with E-state index in [2.05, 4.69) is 44.5 Å². The van der Waals surface area contributed by atoms with Gasteiger partial charge >= 0.3 is 0 Å². The van der Waals surface area contributed by atoms with Crippen molar-refractivity contribution in [1.82, 2.24) is 15.3 Å². The van der Waals surface area contributed by atoms with Gasteiger partial charge in [-0.25, -0.2) is 9.97 Å². The Morgan fingerprint density at radius 1 is 1.13 bits per heavy atom. The quantitative estimate of drug-likeness (QED) is 0.932. The zero-order valence-electron chi connectivity index (χ0n) is 13.2. The van der Waals surface area contributed by atoms with Crippen LogP contribution in [0, 0.1) is 0 Å².